The van der Waals surface area contributed by atoms with Crippen molar-refractivity contribution in [2.45, 2.75) is 104 Å². The molecule has 1 aromatic carbocycles. The Morgan fingerprint density at radius 1 is 1.10 bits per heavy atom. The number of ether oxygens (including phenoxy) is 4. The van der Waals surface area contributed by atoms with E-state index in [9.17, 15) is 24.0 Å². The molecule has 13 heteroatoms. The molecule has 0 aliphatic carbocycles. The number of cyclic esters (lactones) is 1. The molecule has 48 heavy (non-hydrogen) atoms. The van der Waals surface area contributed by atoms with Crippen LogP contribution in [0.4, 0.5) is 4.79 Å². The van der Waals surface area contributed by atoms with Crippen molar-refractivity contribution in [3.05, 3.63) is 51.3 Å². The number of aromatic nitrogens is 2. The van der Waals surface area contributed by atoms with Crippen LogP contribution in [0.2, 0.25) is 19.1 Å². The van der Waals surface area contributed by atoms with Crippen molar-refractivity contribution in [1.29, 1.82) is 0 Å². The highest BCUT2D eigenvalue weighted by molar-refractivity contribution is 6.91. The number of benzene rings is 1. The largest absolute Gasteiger partial charge is 0.457 e. The van der Waals surface area contributed by atoms with Crippen LogP contribution < -0.4 is 20.8 Å². The first kappa shape index (κ1) is 34.8. The minimum atomic E-state index is -2.16. The van der Waals surface area contributed by atoms with Gasteiger partial charge < -0.3 is 28.8 Å². The summed E-state index contributed by atoms with van der Waals surface area (Å²) in [7, 11) is -2.16. The van der Waals surface area contributed by atoms with Gasteiger partial charge in [-0.2, -0.15) is 0 Å². The number of pyridine rings is 2. The van der Waals surface area contributed by atoms with Gasteiger partial charge in [0.05, 0.1) is 37.1 Å². The van der Waals surface area contributed by atoms with Crippen molar-refractivity contribution in [3.8, 4) is 17.1 Å². The number of rotatable bonds is 9. The van der Waals surface area contributed by atoms with Crippen LogP contribution in [0.1, 0.15) is 77.5 Å². The number of fused-ring (bicyclic) bond motifs is 5. The molecule has 1 amide bonds. The lowest BCUT2D eigenvalue weighted by Gasteiger charge is -2.35. The summed E-state index contributed by atoms with van der Waals surface area (Å²) in [4.78, 5) is 69.7. The van der Waals surface area contributed by atoms with Crippen molar-refractivity contribution < 1.29 is 38.1 Å². The van der Waals surface area contributed by atoms with Crippen LogP contribution in [0.3, 0.4) is 0 Å². The van der Waals surface area contributed by atoms with Crippen molar-refractivity contribution in [2.24, 2.45) is 0 Å². The summed E-state index contributed by atoms with van der Waals surface area (Å²) >= 11 is 0. The lowest BCUT2D eigenvalue weighted by atomic mass is 9.85. The molecule has 0 bridgehead atoms. The summed E-state index contributed by atoms with van der Waals surface area (Å²) in [5.74, 6) is -1.70. The number of nitrogens with zero attached hydrogens (tertiary/aromatic N) is 2. The number of amides is 1. The van der Waals surface area contributed by atoms with Gasteiger partial charge in [-0.25, -0.2) is 14.6 Å². The second-order valence-electron chi connectivity index (χ2n) is 14.0. The molecule has 0 radical (unpaired) electrons. The molecule has 0 saturated heterocycles. The van der Waals surface area contributed by atoms with E-state index in [-0.39, 0.29) is 36.3 Å². The number of nitrogens with one attached hydrogen (secondary N) is 1. The molecular weight excluding hydrogens is 634 g/mol. The number of hydrogen-bond acceptors (Lipinski definition) is 10. The highest BCUT2D eigenvalue weighted by Crippen LogP contribution is 2.41. The predicted octanol–water partition coefficient (Wildman–Crippen LogP) is 4.80. The molecule has 2 aliphatic rings. The molecule has 2 aromatic heterocycles. The van der Waals surface area contributed by atoms with E-state index in [1.807, 2.05) is 12.1 Å². The lowest BCUT2D eigenvalue weighted by molar-refractivity contribution is -0.188. The molecule has 5 rings (SSSR count). The van der Waals surface area contributed by atoms with Gasteiger partial charge in [-0.3, -0.25) is 14.4 Å². The molecule has 1 unspecified atom stereocenters. The normalized spacial score (nSPS) is 16.8. The maximum Gasteiger partial charge on any atom is 0.408 e. The number of carbonyl (C=O) groups is 4. The van der Waals surface area contributed by atoms with Gasteiger partial charge in [0.1, 0.15) is 24.5 Å². The van der Waals surface area contributed by atoms with Crippen molar-refractivity contribution in [1.82, 2.24) is 14.9 Å². The molecule has 1 atom stereocenters. The van der Waals surface area contributed by atoms with Gasteiger partial charge in [0.15, 0.2) is 0 Å². The summed E-state index contributed by atoms with van der Waals surface area (Å²) in [6.45, 7) is 14.3. The van der Waals surface area contributed by atoms with Crippen LogP contribution in [-0.2, 0) is 47.3 Å². The van der Waals surface area contributed by atoms with Crippen LogP contribution in [-0.4, -0.2) is 53.8 Å². The van der Waals surface area contributed by atoms with Crippen LogP contribution in [0.15, 0.2) is 29.1 Å². The van der Waals surface area contributed by atoms with E-state index < -0.39 is 49.8 Å². The predicted molar refractivity (Wildman–Crippen MR) is 181 cm³/mol. The zero-order valence-electron chi connectivity index (χ0n) is 28.8. The van der Waals surface area contributed by atoms with Gasteiger partial charge in [-0.1, -0.05) is 45.8 Å². The third-order valence-corrected chi connectivity index (χ3v) is 12.3. The SMILES string of the molecule is CCCC[Si](C)(C)c1c2c(nc3ccc(OC(C)=O)cc13)-c1cc3c(c(=O)n1C2)COC(=O)C3(CC)OC(=O)CNC(=O)OC(C)(C)C. The quantitative estimate of drug-likeness (QED) is 0.113. The number of esters is 3. The van der Waals surface area contributed by atoms with Gasteiger partial charge in [-0.15, -0.1) is 0 Å². The first-order chi connectivity index (χ1) is 22.5. The van der Waals surface area contributed by atoms with Crippen molar-refractivity contribution >= 4 is 48.2 Å². The first-order valence-electron chi connectivity index (χ1n) is 16.3. The Labute approximate surface area is 280 Å². The Hall–Kier alpha value is -4.52. The smallest absolute Gasteiger partial charge is 0.408 e. The Balaban J connectivity index is 1.64. The van der Waals surface area contributed by atoms with E-state index in [1.54, 1.807) is 44.4 Å². The van der Waals surface area contributed by atoms with Crippen LogP contribution in [0.5, 0.6) is 5.75 Å². The fraction of sp³-hybridized carbons (Fsp3) is 0.486. The second kappa shape index (κ2) is 12.8. The highest BCUT2D eigenvalue weighted by Gasteiger charge is 2.50. The minimum Gasteiger partial charge on any atom is -0.457 e. The molecular formula is C35H43N3O9Si. The van der Waals surface area contributed by atoms with Crippen LogP contribution >= 0.6 is 0 Å². The van der Waals surface area contributed by atoms with E-state index >= 15 is 0 Å². The third-order valence-electron chi connectivity index (χ3n) is 8.78. The summed E-state index contributed by atoms with van der Waals surface area (Å²) in [6, 6.07) is 8.09. The lowest BCUT2D eigenvalue weighted by Crippen LogP contribution is -2.49. The molecule has 3 aromatic rings. The monoisotopic (exact) mass is 677 g/mol. The van der Waals surface area contributed by atoms with E-state index in [4.69, 9.17) is 23.9 Å². The zero-order chi connectivity index (χ0) is 35.2. The molecule has 4 heterocycles. The van der Waals surface area contributed by atoms with E-state index in [2.05, 4.69) is 25.3 Å². The average molecular weight is 678 g/mol. The summed E-state index contributed by atoms with van der Waals surface area (Å²) in [6.07, 6.45) is 1.24. The highest BCUT2D eigenvalue weighted by atomic mass is 28.3. The Morgan fingerprint density at radius 3 is 2.48 bits per heavy atom. The van der Waals surface area contributed by atoms with Crippen molar-refractivity contribution in [3.63, 3.8) is 0 Å². The number of carbonyl (C=O) groups excluding carboxylic acids is 4. The topological polar surface area (TPSA) is 152 Å². The van der Waals surface area contributed by atoms with Crippen molar-refractivity contribution in [2.75, 3.05) is 6.54 Å². The Morgan fingerprint density at radius 2 is 1.83 bits per heavy atom. The Kier molecular flexibility index (Phi) is 9.30. The van der Waals surface area contributed by atoms with E-state index in [0.717, 1.165) is 35.0 Å². The molecule has 0 fully saturated rings. The molecule has 2 aliphatic heterocycles. The van der Waals surface area contributed by atoms with E-state index in [0.29, 0.717) is 22.7 Å². The summed E-state index contributed by atoms with van der Waals surface area (Å²) < 4.78 is 23.5. The summed E-state index contributed by atoms with van der Waals surface area (Å²) in [5.41, 5.74) is 0.148. The minimum absolute atomic E-state index is 0.0148. The van der Waals surface area contributed by atoms with Gasteiger partial charge >= 0.3 is 24.0 Å². The third kappa shape index (κ3) is 6.47. The number of hydrogen-bond donors (Lipinski definition) is 1. The van der Waals surface area contributed by atoms with Gasteiger partial charge in [0.2, 0.25) is 5.60 Å². The van der Waals surface area contributed by atoms with Gasteiger partial charge in [0.25, 0.3) is 5.56 Å². The molecule has 0 spiro atoms. The van der Waals surface area contributed by atoms with E-state index in [1.165, 1.54) is 6.92 Å². The fourth-order valence-corrected chi connectivity index (χ4v) is 10.1. The molecule has 12 nitrogen and oxygen atoms in total. The van der Waals surface area contributed by atoms with Crippen LogP contribution in [0.25, 0.3) is 22.3 Å². The maximum atomic E-state index is 14.2. The standard InChI is InChI=1S/C35H43N3O9Si/c1-9-11-14-48(7,8)30-22-15-21(45-20(3)39)12-13-26(22)37-29-23(30)18-38-27(29)16-25-24(31(38)41)19-44-32(42)35(25,10-2)46-28(40)17-36-33(43)47-34(4,5)6/h12-13,15-16H,9-11,14,17-19H2,1-8H3,(H,36,43). The second-order valence-corrected chi connectivity index (χ2v) is 18.7. The zero-order valence-corrected chi connectivity index (χ0v) is 29.8. The molecule has 256 valence electrons. The van der Waals surface area contributed by atoms with Gasteiger partial charge in [0, 0.05) is 17.9 Å². The molecule has 1 N–H and O–H groups in total. The maximum absolute atomic E-state index is 14.2. The Bertz CT molecular complexity index is 1890. The fourth-order valence-electron chi connectivity index (χ4n) is 6.65. The van der Waals surface area contributed by atoms with Gasteiger partial charge in [-0.05, 0) is 62.2 Å². The summed E-state index contributed by atoms with van der Waals surface area (Å²) in [5, 5.41) is 4.38. The van der Waals surface area contributed by atoms with Crippen LogP contribution in [0, 0.1) is 0 Å². The number of unbranched alkanes of at least 4 members (excludes halogenated alkanes) is 1. The average Bonchev–Trinajstić information content (AvgIpc) is 3.36. The molecule has 0 saturated carbocycles. The number of alkyl carbamates (subject to hydrolysis) is 1. The first-order valence-corrected chi connectivity index (χ1v) is 19.5.